The highest BCUT2D eigenvalue weighted by Crippen LogP contribution is 2.41. The Balaban J connectivity index is 1.92. The first-order chi connectivity index (χ1) is 11.3. The van der Waals surface area contributed by atoms with E-state index in [0.717, 1.165) is 11.3 Å². The topological polar surface area (TPSA) is 75.4 Å². The Morgan fingerprint density at radius 3 is 2.54 bits per heavy atom. The number of nitrogens with one attached hydrogen (secondary N) is 1. The van der Waals surface area contributed by atoms with Crippen molar-refractivity contribution in [2.45, 2.75) is 26.2 Å². The van der Waals surface area contributed by atoms with Gasteiger partial charge in [0.25, 0.3) is 5.91 Å². The highest BCUT2D eigenvalue weighted by molar-refractivity contribution is 6.08. The molecule has 1 aliphatic rings. The third-order valence-electron chi connectivity index (χ3n) is 4.41. The number of fused-ring (bicyclic) bond motifs is 1. The fourth-order valence-electron chi connectivity index (χ4n) is 3.15. The Labute approximate surface area is 141 Å². The predicted octanol–water partition coefficient (Wildman–Crippen LogP) is 3.17. The predicted molar refractivity (Wildman–Crippen MR) is 96.3 cm³/mol. The summed E-state index contributed by atoms with van der Waals surface area (Å²) in [6.45, 7) is 6.41. The van der Waals surface area contributed by atoms with Crippen LogP contribution in [0.2, 0.25) is 0 Å². The number of amides is 2. The average molecular weight is 323 g/mol. The van der Waals surface area contributed by atoms with Crippen LogP contribution in [0.1, 0.15) is 36.7 Å². The zero-order valence-electron chi connectivity index (χ0n) is 14.1. The number of anilines is 3. The molecule has 2 amide bonds. The lowest BCUT2D eigenvalue weighted by molar-refractivity contribution is -0.116. The molecule has 1 heterocycles. The van der Waals surface area contributed by atoms with E-state index in [0.29, 0.717) is 23.5 Å². The van der Waals surface area contributed by atoms with Crippen molar-refractivity contribution < 1.29 is 9.59 Å². The zero-order valence-corrected chi connectivity index (χ0v) is 14.1. The Morgan fingerprint density at radius 1 is 1.17 bits per heavy atom. The fourth-order valence-corrected chi connectivity index (χ4v) is 3.15. The number of hydrogen-bond donors (Lipinski definition) is 2. The molecule has 0 bridgehead atoms. The maximum atomic E-state index is 12.4. The van der Waals surface area contributed by atoms with Gasteiger partial charge in [0.1, 0.15) is 0 Å². The van der Waals surface area contributed by atoms with Crippen molar-refractivity contribution in [3.63, 3.8) is 0 Å². The van der Waals surface area contributed by atoms with Crippen LogP contribution in [0.3, 0.4) is 0 Å². The van der Waals surface area contributed by atoms with Gasteiger partial charge >= 0.3 is 0 Å². The summed E-state index contributed by atoms with van der Waals surface area (Å²) in [7, 11) is 0. The van der Waals surface area contributed by atoms with Gasteiger partial charge < -0.3 is 16.0 Å². The molecule has 0 atom stereocenters. The van der Waals surface area contributed by atoms with Gasteiger partial charge in [0, 0.05) is 35.9 Å². The maximum Gasteiger partial charge on any atom is 0.257 e. The van der Waals surface area contributed by atoms with Gasteiger partial charge in [-0.2, -0.15) is 0 Å². The Bertz CT molecular complexity index is 827. The van der Waals surface area contributed by atoms with Crippen molar-refractivity contribution in [1.29, 1.82) is 0 Å². The molecule has 2 aromatic rings. The Kier molecular flexibility index (Phi) is 3.79. The van der Waals surface area contributed by atoms with Gasteiger partial charge in [-0.1, -0.05) is 32.0 Å². The van der Waals surface area contributed by atoms with E-state index in [2.05, 4.69) is 19.2 Å². The van der Waals surface area contributed by atoms with Gasteiger partial charge in [-0.3, -0.25) is 9.59 Å². The molecule has 0 radical (unpaired) electrons. The van der Waals surface area contributed by atoms with Gasteiger partial charge in [-0.15, -0.1) is 0 Å². The number of nitrogen functional groups attached to an aromatic ring is 1. The third-order valence-corrected chi connectivity index (χ3v) is 4.41. The van der Waals surface area contributed by atoms with E-state index in [4.69, 9.17) is 5.73 Å². The molecule has 0 unspecified atom stereocenters. The summed E-state index contributed by atoms with van der Waals surface area (Å²) < 4.78 is 0. The summed E-state index contributed by atoms with van der Waals surface area (Å²) in [5.74, 6) is -0.266. The molecule has 3 N–H and O–H groups in total. The van der Waals surface area contributed by atoms with Crippen LogP contribution in [0.5, 0.6) is 0 Å². The van der Waals surface area contributed by atoms with Crippen molar-refractivity contribution in [2.75, 3.05) is 22.5 Å². The Morgan fingerprint density at radius 2 is 1.88 bits per heavy atom. The number of benzene rings is 2. The van der Waals surface area contributed by atoms with E-state index in [9.17, 15) is 9.59 Å². The first kappa shape index (κ1) is 16.1. The standard InChI is InChI=1S/C19H21N3O2/c1-12(23)22-11-19(2,3)15-9-8-13(10-17(15)22)21-18(24)14-6-4-5-7-16(14)20/h4-10H,11,20H2,1-3H3,(H,21,24). The maximum absolute atomic E-state index is 12.4. The van der Waals surface area contributed by atoms with Gasteiger partial charge in [-0.25, -0.2) is 0 Å². The number of para-hydroxylation sites is 1. The number of carbonyl (C=O) groups is 2. The number of carbonyl (C=O) groups excluding carboxylic acids is 2. The van der Waals surface area contributed by atoms with E-state index >= 15 is 0 Å². The molecule has 5 heteroatoms. The second-order valence-electron chi connectivity index (χ2n) is 6.76. The summed E-state index contributed by atoms with van der Waals surface area (Å²) in [6, 6.07) is 12.6. The van der Waals surface area contributed by atoms with Crippen molar-refractivity contribution in [3.05, 3.63) is 53.6 Å². The Hall–Kier alpha value is -2.82. The molecule has 3 rings (SSSR count). The van der Waals surface area contributed by atoms with Crippen LogP contribution in [0.4, 0.5) is 17.1 Å². The summed E-state index contributed by atoms with van der Waals surface area (Å²) in [5.41, 5.74) is 9.21. The summed E-state index contributed by atoms with van der Waals surface area (Å²) in [4.78, 5) is 26.1. The van der Waals surface area contributed by atoms with Crippen molar-refractivity contribution >= 4 is 28.9 Å². The molecule has 24 heavy (non-hydrogen) atoms. The van der Waals surface area contributed by atoms with Crippen LogP contribution >= 0.6 is 0 Å². The van der Waals surface area contributed by atoms with E-state index < -0.39 is 0 Å². The van der Waals surface area contributed by atoms with Crippen LogP contribution < -0.4 is 16.0 Å². The molecule has 2 aromatic carbocycles. The number of nitrogens with zero attached hydrogens (tertiary/aromatic N) is 1. The zero-order chi connectivity index (χ0) is 17.5. The van der Waals surface area contributed by atoms with E-state index in [1.54, 1.807) is 36.1 Å². The molecule has 0 saturated heterocycles. The van der Waals surface area contributed by atoms with Gasteiger partial charge in [-0.05, 0) is 29.8 Å². The number of hydrogen-bond acceptors (Lipinski definition) is 3. The first-order valence-electron chi connectivity index (χ1n) is 7.88. The van der Waals surface area contributed by atoms with Crippen LogP contribution in [0.15, 0.2) is 42.5 Å². The van der Waals surface area contributed by atoms with Crippen LogP contribution in [-0.2, 0) is 10.2 Å². The molecule has 0 saturated carbocycles. The first-order valence-corrected chi connectivity index (χ1v) is 7.88. The summed E-state index contributed by atoms with van der Waals surface area (Å²) >= 11 is 0. The van der Waals surface area contributed by atoms with Crippen molar-refractivity contribution in [2.24, 2.45) is 0 Å². The number of nitrogens with two attached hydrogens (primary N) is 1. The van der Waals surface area contributed by atoms with Crippen molar-refractivity contribution in [1.82, 2.24) is 0 Å². The lowest BCUT2D eigenvalue weighted by atomic mass is 9.87. The minimum Gasteiger partial charge on any atom is -0.398 e. The van der Waals surface area contributed by atoms with Crippen LogP contribution in [0.25, 0.3) is 0 Å². The fraction of sp³-hybridized carbons (Fsp3) is 0.263. The van der Waals surface area contributed by atoms with E-state index in [1.807, 2.05) is 18.2 Å². The molecule has 5 nitrogen and oxygen atoms in total. The molecule has 0 aromatic heterocycles. The minimum atomic E-state index is -0.264. The monoisotopic (exact) mass is 323 g/mol. The van der Waals surface area contributed by atoms with E-state index in [1.165, 1.54) is 0 Å². The third kappa shape index (κ3) is 2.73. The van der Waals surface area contributed by atoms with Crippen LogP contribution in [-0.4, -0.2) is 18.4 Å². The second kappa shape index (κ2) is 5.67. The minimum absolute atomic E-state index is 0.00222. The van der Waals surface area contributed by atoms with Gasteiger partial charge in [0.2, 0.25) is 5.91 Å². The molecular formula is C19H21N3O2. The largest absolute Gasteiger partial charge is 0.398 e. The summed E-state index contributed by atoms with van der Waals surface area (Å²) in [5, 5.41) is 2.86. The quantitative estimate of drug-likeness (QED) is 0.834. The lowest BCUT2D eigenvalue weighted by Crippen LogP contribution is -2.32. The summed E-state index contributed by atoms with van der Waals surface area (Å²) in [6.07, 6.45) is 0. The smallest absolute Gasteiger partial charge is 0.257 e. The molecule has 0 fully saturated rings. The molecule has 0 spiro atoms. The second-order valence-corrected chi connectivity index (χ2v) is 6.76. The molecule has 124 valence electrons. The molecular weight excluding hydrogens is 302 g/mol. The van der Waals surface area contributed by atoms with Crippen molar-refractivity contribution in [3.8, 4) is 0 Å². The molecule has 1 aliphatic heterocycles. The van der Waals surface area contributed by atoms with E-state index in [-0.39, 0.29) is 17.2 Å². The molecule has 0 aliphatic carbocycles. The normalized spacial score (nSPS) is 15.0. The SMILES string of the molecule is CC(=O)N1CC(C)(C)c2ccc(NC(=O)c3ccccc3N)cc21. The number of rotatable bonds is 2. The lowest BCUT2D eigenvalue weighted by Gasteiger charge is -2.19. The van der Waals surface area contributed by atoms with Gasteiger partial charge in [0.05, 0.1) is 5.56 Å². The highest BCUT2D eigenvalue weighted by Gasteiger charge is 2.36. The highest BCUT2D eigenvalue weighted by atomic mass is 16.2. The average Bonchev–Trinajstić information content (AvgIpc) is 2.79. The van der Waals surface area contributed by atoms with Crippen LogP contribution in [0, 0.1) is 0 Å². The van der Waals surface area contributed by atoms with Gasteiger partial charge in [0.15, 0.2) is 0 Å².